The fourth-order valence-electron chi connectivity index (χ4n) is 4.43. The molecular weight excluding hydrogens is 605 g/mol. The van der Waals surface area contributed by atoms with Crippen molar-refractivity contribution in [3.05, 3.63) is 88.9 Å². The number of benzene rings is 4. The molecule has 0 bridgehead atoms. The molecule has 1 N–H and O–H groups in total. The first kappa shape index (κ1) is 30.3. The van der Waals surface area contributed by atoms with E-state index in [4.69, 9.17) is 32.7 Å². The first-order valence-electron chi connectivity index (χ1n) is 13.4. The normalized spacial score (nSPS) is 11.3. The van der Waals surface area contributed by atoms with E-state index in [9.17, 15) is 4.79 Å². The molecule has 0 spiro atoms. The van der Waals surface area contributed by atoms with Gasteiger partial charge in [-0.15, -0.1) is 10.2 Å². The standard InChI is InChI=1S/C32H29Cl2N5O3S/c1-19(2)15-29(40)35-28-18-22(11-13-26(28)37-38-32-36-27-14-12-25(33)30(34)31(27)43-32)39(20-7-5-9-23(16-20)41-3)21-8-6-10-24(17-21)42-4/h5-14,16-19H,15H2,1-4H3,(H,35,40). The number of rotatable bonds is 10. The van der Waals surface area contributed by atoms with Crippen molar-refractivity contribution in [2.75, 3.05) is 24.4 Å². The van der Waals surface area contributed by atoms with Gasteiger partial charge in [-0.05, 0) is 60.5 Å². The number of nitrogens with zero attached hydrogens (tertiary/aromatic N) is 4. The highest BCUT2D eigenvalue weighted by Crippen LogP contribution is 2.42. The number of fused-ring (bicyclic) bond motifs is 1. The van der Waals surface area contributed by atoms with Crippen molar-refractivity contribution in [2.24, 2.45) is 16.1 Å². The quantitative estimate of drug-likeness (QED) is 0.154. The SMILES string of the molecule is COc1cccc(N(c2cccc(OC)c2)c2ccc(N=Nc3nc4ccc(Cl)c(Cl)c4s3)c(NC(=O)CC(C)C)c2)c1. The molecule has 1 amide bonds. The molecule has 0 radical (unpaired) electrons. The van der Waals surface area contributed by atoms with E-state index in [-0.39, 0.29) is 11.8 Å². The first-order chi connectivity index (χ1) is 20.7. The fraction of sp³-hybridized carbons (Fsp3) is 0.188. The molecule has 0 aliphatic heterocycles. The van der Waals surface area contributed by atoms with Crippen LogP contribution in [0, 0.1) is 5.92 Å². The number of hydrogen-bond acceptors (Lipinski definition) is 8. The highest BCUT2D eigenvalue weighted by atomic mass is 35.5. The van der Waals surface area contributed by atoms with Crippen LogP contribution in [0.2, 0.25) is 10.0 Å². The minimum Gasteiger partial charge on any atom is -0.497 e. The van der Waals surface area contributed by atoms with Crippen LogP contribution in [0.25, 0.3) is 10.2 Å². The number of carbonyl (C=O) groups is 1. The Morgan fingerprint density at radius 2 is 1.56 bits per heavy atom. The largest absolute Gasteiger partial charge is 0.497 e. The molecule has 43 heavy (non-hydrogen) atoms. The zero-order chi connectivity index (χ0) is 30.5. The van der Waals surface area contributed by atoms with Crippen LogP contribution in [0.4, 0.5) is 33.6 Å². The predicted molar refractivity (Wildman–Crippen MR) is 176 cm³/mol. The van der Waals surface area contributed by atoms with Gasteiger partial charge in [-0.1, -0.05) is 60.5 Å². The first-order valence-corrected chi connectivity index (χ1v) is 15.0. The van der Waals surface area contributed by atoms with Crippen LogP contribution in [0.15, 0.2) is 89.1 Å². The van der Waals surface area contributed by atoms with Gasteiger partial charge < -0.3 is 19.7 Å². The zero-order valence-electron chi connectivity index (χ0n) is 24.0. The van der Waals surface area contributed by atoms with Crippen LogP contribution < -0.4 is 19.7 Å². The number of amides is 1. The van der Waals surface area contributed by atoms with Crippen LogP contribution in [-0.2, 0) is 4.79 Å². The van der Waals surface area contributed by atoms with Crippen LogP contribution in [-0.4, -0.2) is 25.1 Å². The summed E-state index contributed by atoms with van der Waals surface area (Å²) >= 11 is 13.8. The number of carbonyl (C=O) groups excluding carboxylic acids is 1. The van der Waals surface area contributed by atoms with Gasteiger partial charge in [-0.3, -0.25) is 4.79 Å². The van der Waals surface area contributed by atoms with Crippen LogP contribution in [0.1, 0.15) is 20.3 Å². The Kier molecular flexibility index (Phi) is 9.45. The summed E-state index contributed by atoms with van der Waals surface area (Å²) in [6.45, 7) is 3.99. The van der Waals surface area contributed by atoms with Gasteiger partial charge in [0.25, 0.3) is 0 Å². The minimum absolute atomic E-state index is 0.126. The molecule has 11 heteroatoms. The van der Waals surface area contributed by atoms with E-state index in [1.165, 1.54) is 11.3 Å². The Labute approximate surface area is 263 Å². The molecule has 0 unspecified atom stereocenters. The number of hydrogen-bond donors (Lipinski definition) is 1. The molecule has 0 aliphatic carbocycles. The zero-order valence-corrected chi connectivity index (χ0v) is 26.3. The third-order valence-corrected chi connectivity index (χ3v) is 8.30. The summed E-state index contributed by atoms with van der Waals surface area (Å²) in [4.78, 5) is 19.5. The Hall–Kier alpha value is -4.18. The number of aromatic nitrogens is 1. The summed E-state index contributed by atoms with van der Waals surface area (Å²) < 4.78 is 11.7. The van der Waals surface area contributed by atoms with E-state index in [0.29, 0.717) is 50.0 Å². The van der Waals surface area contributed by atoms with Crippen molar-refractivity contribution >= 4 is 84.2 Å². The average molecular weight is 635 g/mol. The number of methoxy groups -OCH3 is 2. The smallest absolute Gasteiger partial charge is 0.231 e. The lowest BCUT2D eigenvalue weighted by atomic mass is 10.1. The summed E-state index contributed by atoms with van der Waals surface area (Å²) in [5, 5.41) is 13.2. The van der Waals surface area contributed by atoms with Crippen molar-refractivity contribution in [3.8, 4) is 11.5 Å². The summed E-state index contributed by atoms with van der Waals surface area (Å²) in [7, 11) is 3.26. The topological polar surface area (TPSA) is 88.4 Å². The van der Waals surface area contributed by atoms with Crippen LogP contribution in [0.5, 0.6) is 11.5 Å². The molecule has 0 saturated carbocycles. The van der Waals surface area contributed by atoms with Gasteiger partial charge in [0.1, 0.15) is 17.2 Å². The second-order valence-corrected chi connectivity index (χ2v) is 11.8. The lowest BCUT2D eigenvalue weighted by Crippen LogP contribution is -2.15. The van der Waals surface area contributed by atoms with E-state index >= 15 is 0 Å². The van der Waals surface area contributed by atoms with Crippen LogP contribution in [0.3, 0.4) is 0 Å². The van der Waals surface area contributed by atoms with E-state index in [1.54, 1.807) is 26.4 Å². The second-order valence-electron chi connectivity index (χ2n) is 9.99. The highest BCUT2D eigenvalue weighted by molar-refractivity contribution is 7.22. The number of halogens is 2. The molecule has 0 aliphatic rings. The maximum atomic E-state index is 13.0. The molecule has 0 atom stereocenters. The molecule has 0 saturated heterocycles. The van der Waals surface area contributed by atoms with E-state index < -0.39 is 0 Å². The van der Waals surface area contributed by atoms with Gasteiger partial charge in [0.2, 0.25) is 11.0 Å². The van der Waals surface area contributed by atoms with Gasteiger partial charge in [0, 0.05) is 35.6 Å². The highest BCUT2D eigenvalue weighted by Gasteiger charge is 2.18. The van der Waals surface area contributed by atoms with Crippen molar-refractivity contribution in [1.82, 2.24) is 4.98 Å². The van der Waals surface area contributed by atoms with Crippen molar-refractivity contribution < 1.29 is 14.3 Å². The van der Waals surface area contributed by atoms with Crippen molar-refractivity contribution in [2.45, 2.75) is 20.3 Å². The molecular formula is C32H29Cl2N5O3S. The monoisotopic (exact) mass is 633 g/mol. The Morgan fingerprint density at radius 3 is 2.19 bits per heavy atom. The molecule has 5 rings (SSSR count). The molecule has 0 fully saturated rings. The third kappa shape index (κ3) is 7.07. The predicted octanol–water partition coefficient (Wildman–Crippen LogP) is 10.5. The van der Waals surface area contributed by atoms with E-state index in [0.717, 1.165) is 21.8 Å². The Bertz CT molecular complexity index is 1760. The van der Waals surface area contributed by atoms with Gasteiger partial charge in [0.05, 0.1) is 40.2 Å². The van der Waals surface area contributed by atoms with Crippen molar-refractivity contribution in [3.63, 3.8) is 0 Å². The number of thiazole rings is 1. The number of azo groups is 1. The van der Waals surface area contributed by atoms with Crippen molar-refractivity contribution in [1.29, 1.82) is 0 Å². The molecule has 220 valence electrons. The van der Waals surface area contributed by atoms with E-state index in [1.807, 2.05) is 85.5 Å². The summed E-state index contributed by atoms with van der Waals surface area (Å²) in [5.74, 6) is 1.47. The second kappa shape index (κ2) is 13.4. The Morgan fingerprint density at radius 1 is 0.907 bits per heavy atom. The van der Waals surface area contributed by atoms with Gasteiger partial charge in [-0.2, -0.15) is 0 Å². The van der Waals surface area contributed by atoms with Gasteiger partial charge >= 0.3 is 0 Å². The van der Waals surface area contributed by atoms with Gasteiger partial charge in [-0.25, -0.2) is 4.98 Å². The van der Waals surface area contributed by atoms with Gasteiger partial charge in [0.15, 0.2) is 0 Å². The molecule has 5 aromatic rings. The Balaban J connectivity index is 1.60. The maximum Gasteiger partial charge on any atom is 0.231 e. The maximum absolute atomic E-state index is 13.0. The number of anilines is 4. The minimum atomic E-state index is -0.126. The van der Waals surface area contributed by atoms with E-state index in [2.05, 4.69) is 20.5 Å². The third-order valence-electron chi connectivity index (χ3n) is 6.41. The molecule has 8 nitrogen and oxygen atoms in total. The molecule has 1 heterocycles. The fourth-order valence-corrected chi connectivity index (χ4v) is 5.75. The summed E-state index contributed by atoms with van der Waals surface area (Å²) in [6, 6.07) is 24.6. The summed E-state index contributed by atoms with van der Waals surface area (Å²) in [6.07, 6.45) is 0.355. The summed E-state index contributed by atoms with van der Waals surface area (Å²) in [5.41, 5.74) is 4.14. The number of nitrogens with one attached hydrogen (secondary N) is 1. The lowest BCUT2D eigenvalue weighted by Gasteiger charge is -2.27. The molecule has 1 aromatic heterocycles. The lowest BCUT2D eigenvalue weighted by molar-refractivity contribution is -0.116. The van der Waals surface area contributed by atoms with Crippen LogP contribution >= 0.6 is 34.5 Å². The molecule has 4 aromatic carbocycles. The average Bonchev–Trinajstić information content (AvgIpc) is 3.42. The number of ether oxygens (including phenoxy) is 2.